The van der Waals surface area contributed by atoms with Crippen LogP contribution in [0.15, 0.2) is 30.3 Å². The van der Waals surface area contributed by atoms with Crippen LogP contribution in [0.1, 0.15) is 32.6 Å². The summed E-state index contributed by atoms with van der Waals surface area (Å²) in [6.45, 7) is 1.98. The van der Waals surface area contributed by atoms with Crippen LogP contribution in [-0.4, -0.2) is 28.3 Å². The number of ketones is 1. The fraction of sp³-hybridized carbons (Fsp3) is 0.125. The first-order valence-corrected chi connectivity index (χ1v) is 8.23. The second-order valence-corrected chi connectivity index (χ2v) is 6.28. The van der Waals surface area contributed by atoms with Gasteiger partial charge in [-0.3, -0.25) is 4.79 Å². The number of carbonyl (C=O) groups excluding carboxylic acids is 2. The number of aromatic nitrogens is 2. The minimum absolute atomic E-state index is 0.0305. The fourth-order valence-electron chi connectivity index (χ4n) is 2.15. The molecule has 0 amide bonds. The average molecular weight is 362 g/mol. The number of ether oxygens (including phenoxy) is 1. The van der Waals surface area contributed by atoms with Gasteiger partial charge in [-0.05, 0) is 37.3 Å². The Morgan fingerprint density at radius 1 is 1.25 bits per heavy atom. The van der Waals surface area contributed by atoms with Crippen molar-refractivity contribution in [3.05, 3.63) is 51.5 Å². The zero-order valence-corrected chi connectivity index (χ0v) is 14.1. The number of anilines is 1. The van der Waals surface area contributed by atoms with Crippen LogP contribution in [0.25, 0.3) is 10.2 Å². The van der Waals surface area contributed by atoms with Gasteiger partial charge in [0, 0.05) is 16.0 Å². The molecule has 122 valence electrons. The third-order valence-electron chi connectivity index (χ3n) is 3.21. The third-order valence-corrected chi connectivity index (χ3v) is 4.47. The van der Waals surface area contributed by atoms with Crippen LogP contribution in [0, 0.1) is 0 Å². The van der Waals surface area contributed by atoms with Crippen molar-refractivity contribution in [2.45, 2.75) is 6.92 Å². The molecule has 2 N–H and O–H groups in total. The van der Waals surface area contributed by atoms with Crippen LogP contribution < -0.4 is 5.73 Å². The first-order chi connectivity index (χ1) is 11.5. The van der Waals surface area contributed by atoms with Crippen molar-refractivity contribution in [3.63, 3.8) is 0 Å². The lowest BCUT2D eigenvalue weighted by molar-refractivity contribution is 0.0532. The number of benzene rings is 1. The van der Waals surface area contributed by atoms with Gasteiger partial charge in [0.05, 0.1) is 6.61 Å². The quantitative estimate of drug-likeness (QED) is 0.565. The number of halogens is 1. The molecule has 0 saturated heterocycles. The molecule has 8 heteroatoms. The van der Waals surface area contributed by atoms with Gasteiger partial charge in [-0.15, -0.1) is 11.3 Å². The summed E-state index contributed by atoms with van der Waals surface area (Å²) < 4.78 is 4.98. The standard InChI is InChI=1S/C16H12ClN3O3S/c1-2-23-15(22)11-7-10-12(19-16(18)20-14(10)24-11)13(21)8-3-5-9(17)6-4-8/h3-7H,2H2,1H3,(H2,18,19,20). The molecule has 2 heterocycles. The van der Waals surface area contributed by atoms with Gasteiger partial charge in [0.2, 0.25) is 11.7 Å². The van der Waals surface area contributed by atoms with Crippen LogP contribution in [0.3, 0.4) is 0 Å². The van der Waals surface area contributed by atoms with E-state index in [1.54, 1.807) is 37.3 Å². The maximum absolute atomic E-state index is 12.7. The van der Waals surface area contributed by atoms with Crippen LogP contribution in [-0.2, 0) is 4.74 Å². The highest BCUT2D eigenvalue weighted by molar-refractivity contribution is 7.20. The summed E-state index contributed by atoms with van der Waals surface area (Å²) in [6, 6.07) is 8.00. The summed E-state index contributed by atoms with van der Waals surface area (Å²) >= 11 is 6.95. The Morgan fingerprint density at radius 3 is 2.62 bits per heavy atom. The number of nitrogen functional groups attached to an aromatic ring is 1. The zero-order chi connectivity index (χ0) is 17.3. The first-order valence-electron chi connectivity index (χ1n) is 7.04. The van der Waals surface area contributed by atoms with Gasteiger partial charge in [0.15, 0.2) is 0 Å². The molecule has 0 bridgehead atoms. The van der Waals surface area contributed by atoms with E-state index < -0.39 is 5.97 Å². The molecule has 2 aromatic heterocycles. The molecule has 0 saturated carbocycles. The highest BCUT2D eigenvalue weighted by Gasteiger charge is 2.20. The maximum atomic E-state index is 12.7. The van der Waals surface area contributed by atoms with Gasteiger partial charge in [-0.1, -0.05) is 11.6 Å². The Bertz CT molecular complexity index is 938. The molecule has 0 fully saturated rings. The Hall–Kier alpha value is -2.51. The van der Waals surface area contributed by atoms with Crippen molar-refractivity contribution in [1.82, 2.24) is 9.97 Å². The third kappa shape index (κ3) is 3.08. The van der Waals surface area contributed by atoms with Crippen LogP contribution >= 0.6 is 22.9 Å². The van der Waals surface area contributed by atoms with E-state index >= 15 is 0 Å². The van der Waals surface area contributed by atoms with Crippen molar-refractivity contribution in [1.29, 1.82) is 0 Å². The Morgan fingerprint density at radius 2 is 1.96 bits per heavy atom. The highest BCUT2D eigenvalue weighted by atomic mass is 35.5. The minimum Gasteiger partial charge on any atom is -0.462 e. The number of hydrogen-bond donors (Lipinski definition) is 1. The Balaban J connectivity index is 2.11. The van der Waals surface area contributed by atoms with Crippen molar-refractivity contribution >= 4 is 50.9 Å². The molecule has 0 spiro atoms. The summed E-state index contributed by atoms with van der Waals surface area (Å²) in [5, 5.41) is 0.997. The molecular formula is C16H12ClN3O3S. The van der Waals surface area contributed by atoms with E-state index in [0.717, 1.165) is 11.3 Å². The molecule has 3 aromatic rings. The van der Waals surface area contributed by atoms with E-state index in [0.29, 0.717) is 25.7 Å². The fourth-order valence-corrected chi connectivity index (χ4v) is 3.21. The van der Waals surface area contributed by atoms with Crippen molar-refractivity contribution < 1.29 is 14.3 Å². The Labute approximate surface area is 146 Å². The summed E-state index contributed by atoms with van der Waals surface area (Å²) in [6.07, 6.45) is 0. The molecular weight excluding hydrogens is 350 g/mol. The molecule has 0 unspecified atom stereocenters. The molecule has 0 aliphatic heterocycles. The van der Waals surface area contributed by atoms with E-state index in [2.05, 4.69) is 9.97 Å². The van der Waals surface area contributed by atoms with E-state index in [-0.39, 0.29) is 24.0 Å². The van der Waals surface area contributed by atoms with Crippen LogP contribution in [0.2, 0.25) is 5.02 Å². The van der Waals surface area contributed by atoms with Gasteiger partial charge in [-0.25, -0.2) is 14.8 Å². The molecule has 0 atom stereocenters. The van der Waals surface area contributed by atoms with Gasteiger partial charge in [-0.2, -0.15) is 0 Å². The molecule has 6 nitrogen and oxygen atoms in total. The minimum atomic E-state index is -0.469. The largest absolute Gasteiger partial charge is 0.462 e. The predicted octanol–water partition coefficient (Wildman–Crippen LogP) is 3.33. The monoisotopic (exact) mass is 361 g/mol. The molecule has 0 aliphatic rings. The van der Waals surface area contributed by atoms with E-state index in [1.165, 1.54) is 0 Å². The SMILES string of the molecule is CCOC(=O)c1cc2c(C(=O)c3ccc(Cl)cc3)nc(N)nc2s1. The van der Waals surface area contributed by atoms with Crippen molar-refractivity contribution in [3.8, 4) is 0 Å². The van der Waals surface area contributed by atoms with Crippen molar-refractivity contribution in [2.75, 3.05) is 12.3 Å². The molecule has 24 heavy (non-hydrogen) atoms. The Kier molecular flexibility index (Phi) is 4.46. The summed E-state index contributed by atoms with van der Waals surface area (Å²) in [5.74, 6) is -0.819. The number of hydrogen-bond acceptors (Lipinski definition) is 7. The van der Waals surface area contributed by atoms with Gasteiger partial charge in [0.25, 0.3) is 0 Å². The normalized spacial score (nSPS) is 10.8. The van der Waals surface area contributed by atoms with Gasteiger partial charge < -0.3 is 10.5 Å². The van der Waals surface area contributed by atoms with Gasteiger partial charge in [0.1, 0.15) is 15.4 Å². The second kappa shape index (κ2) is 6.54. The highest BCUT2D eigenvalue weighted by Crippen LogP contribution is 2.29. The lowest BCUT2D eigenvalue weighted by atomic mass is 10.1. The van der Waals surface area contributed by atoms with Crippen LogP contribution in [0.5, 0.6) is 0 Å². The molecule has 0 aliphatic carbocycles. The van der Waals surface area contributed by atoms with E-state index in [1.807, 2.05) is 0 Å². The number of nitrogens with zero attached hydrogens (tertiary/aromatic N) is 2. The molecule has 1 aromatic carbocycles. The predicted molar refractivity (Wildman–Crippen MR) is 92.7 cm³/mol. The summed E-state index contributed by atoms with van der Waals surface area (Å²) in [5.41, 5.74) is 6.27. The first kappa shape index (κ1) is 16.4. The van der Waals surface area contributed by atoms with E-state index in [9.17, 15) is 9.59 Å². The topological polar surface area (TPSA) is 95.2 Å². The lowest BCUT2D eigenvalue weighted by Crippen LogP contribution is -2.07. The molecule has 3 rings (SSSR count). The number of thiophene rings is 1. The smallest absolute Gasteiger partial charge is 0.348 e. The van der Waals surface area contributed by atoms with Crippen molar-refractivity contribution in [2.24, 2.45) is 0 Å². The van der Waals surface area contributed by atoms with Crippen LogP contribution in [0.4, 0.5) is 5.95 Å². The molecule has 0 radical (unpaired) electrons. The van der Waals surface area contributed by atoms with E-state index in [4.69, 9.17) is 22.1 Å². The maximum Gasteiger partial charge on any atom is 0.348 e. The summed E-state index contributed by atoms with van der Waals surface area (Å²) in [7, 11) is 0. The van der Waals surface area contributed by atoms with Gasteiger partial charge >= 0.3 is 5.97 Å². The number of rotatable bonds is 4. The number of esters is 1. The average Bonchev–Trinajstić information content (AvgIpc) is 2.98. The number of nitrogens with two attached hydrogens (primary N) is 1. The number of fused-ring (bicyclic) bond motifs is 1. The summed E-state index contributed by atoms with van der Waals surface area (Å²) in [4.78, 5) is 33.6. The second-order valence-electron chi connectivity index (χ2n) is 4.82. The number of carbonyl (C=O) groups is 2. The lowest BCUT2D eigenvalue weighted by Gasteiger charge is -2.03. The zero-order valence-electron chi connectivity index (χ0n) is 12.6.